The van der Waals surface area contributed by atoms with Crippen LogP contribution < -0.4 is 20.1 Å². The molecule has 1 saturated heterocycles. The highest BCUT2D eigenvalue weighted by Gasteiger charge is 2.21. The number of nitrogens with one attached hydrogen (secondary N) is 2. The van der Waals surface area contributed by atoms with E-state index in [-0.39, 0.29) is 6.10 Å². The van der Waals surface area contributed by atoms with Crippen LogP contribution in [-0.2, 0) is 11.3 Å². The summed E-state index contributed by atoms with van der Waals surface area (Å²) < 4.78 is 17.4. The molecule has 3 rings (SSSR count). The number of aliphatic imine (C=N–C) groups is 1. The van der Waals surface area contributed by atoms with Gasteiger partial charge in [-0.25, -0.2) is 0 Å². The Morgan fingerprint density at radius 2 is 2.00 bits per heavy atom. The second-order valence-corrected chi connectivity index (χ2v) is 7.78. The first-order valence-electron chi connectivity index (χ1n) is 10.3. The van der Waals surface area contributed by atoms with E-state index in [0.29, 0.717) is 25.7 Å². The van der Waals surface area contributed by atoms with Gasteiger partial charge in [0.15, 0.2) is 17.5 Å². The maximum absolute atomic E-state index is 5.90. The van der Waals surface area contributed by atoms with Crippen LogP contribution in [0.5, 0.6) is 11.5 Å². The number of morpholine rings is 1. The Kier molecular flexibility index (Phi) is 7.80. The fourth-order valence-corrected chi connectivity index (χ4v) is 3.52. The molecule has 2 aliphatic rings. The molecular weight excluding hydrogens is 356 g/mol. The van der Waals surface area contributed by atoms with Crippen LogP contribution in [0.3, 0.4) is 0 Å². The van der Waals surface area contributed by atoms with Crippen LogP contribution in [0, 0.1) is 5.92 Å². The monoisotopic (exact) mass is 390 g/mol. The summed E-state index contributed by atoms with van der Waals surface area (Å²) in [4.78, 5) is 6.81. The average molecular weight is 391 g/mol. The smallest absolute Gasteiger partial charge is 0.191 e. The maximum atomic E-state index is 5.90. The average Bonchev–Trinajstić information content (AvgIpc) is 2.93. The van der Waals surface area contributed by atoms with Crippen LogP contribution in [0.15, 0.2) is 23.2 Å². The molecule has 156 valence electrons. The number of guanidine groups is 1. The van der Waals surface area contributed by atoms with Gasteiger partial charge in [-0.3, -0.25) is 9.89 Å². The van der Waals surface area contributed by atoms with Gasteiger partial charge in [0.1, 0.15) is 0 Å². The minimum atomic E-state index is 0.184. The molecule has 1 fully saturated rings. The van der Waals surface area contributed by atoms with Crippen molar-refractivity contribution in [3.8, 4) is 11.5 Å². The van der Waals surface area contributed by atoms with Gasteiger partial charge in [-0.05, 0) is 23.6 Å². The van der Waals surface area contributed by atoms with Crippen molar-refractivity contribution in [2.24, 2.45) is 10.9 Å². The van der Waals surface area contributed by atoms with Crippen molar-refractivity contribution < 1.29 is 14.2 Å². The third-order valence-corrected chi connectivity index (χ3v) is 4.84. The normalized spacial score (nSPS) is 20.7. The lowest BCUT2D eigenvalue weighted by Crippen LogP contribution is -2.50. The highest BCUT2D eigenvalue weighted by molar-refractivity contribution is 5.79. The molecule has 0 bridgehead atoms. The minimum absolute atomic E-state index is 0.184. The Hall–Kier alpha value is -1.99. The van der Waals surface area contributed by atoms with Crippen LogP contribution in [0.1, 0.15) is 25.8 Å². The summed E-state index contributed by atoms with van der Waals surface area (Å²) in [5.41, 5.74) is 1.13. The molecule has 0 aromatic heterocycles. The topological polar surface area (TPSA) is 67.4 Å². The molecule has 0 amide bonds. The van der Waals surface area contributed by atoms with Crippen molar-refractivity contribution >= 4 is 5.96 Å². The van der Waals surface area contributed by atoms with Crippen LogP contribution in [-0.4, -0.2) is 70.0 Å². The van der Waals surface area contributed by atoms with Gasteiger partial charge in [0.05, 0.1) is 25.9 Å². The van der Waals surface area contributed by atoms with Crippen LogP contribution in [0.2, 0.25) is 0 Å². The molecule has 1 aromatic carbocycles. The summed E-state index contributed by atoms with van der Waals surface area (Å²) in [5, 5.41) is 6.75. The van der Waals surface area contributed by atoms with Gasteiger partial charge in [0.25, 0.3) is 0 Å². The molecule has 1 atom stereocenters. The van der Waals surface area contributed by atoms with Gasteiger partial charge < -0.3 is 24.8 Å². The van der Waals surface area contributed by atoms with Crippen molar-refractivity contribution in [1.29, 1.82) is 0 Å². The molecule has 0 spiro atoms. The molecule has 1 unspecified atom stereocenters. The summed E-state index contributed by atoms with van der Waals surface area (Å²) in [6.07, 6.45) is 1.10. The minimum Gasteiger partial charge on any atom is -0.490 e. The van der Waals surface area contributed by atoms with E-state index in [4.69, 9.17) is 14.2 Å². The number of ether oxygens (including phenoxy) is 3. The van der Waals surface area contributed by atoms with Crippen molar-refractivity contribution in [1.82, 2.24) is 15.5 Å². The van der Waals surface area contributed by atoms with E-state index in [1.807, 2.05) is 12.1 Å². The Morgan fingerprint density at radius 3 is 2.79 bits per heavy atom. The SMILES string of the molecule is CN=C(NCc1ccc2c(c1)OCCCO2)NCC1CN(CC(C)C)CCO1. The second kappa shape index (κ2) is 10.5. The van der Waals surface area contributed by atoms with Gasteiger partial charge in [0.2, 0.25) is 0 Å². The summed E-state index contributed by atoms with van der Waals surface area (Å²) in [5.74, 6) is 3.10. The largest absolute Gasteiger partial charge is 0.490 e. The van der Waals surface area contributed by atoms with Crippen molar-refractivity contribution in [2.75, 3.05) is 53.0 Å². The lowest BCUT2D eigenvalue weighted by atomic mass is 10.2. The summed E-state index contributed by atoms with van der Waals surface area (Å²) in [6.45, 7) is 11.2. The zero-order valence-corrected chi connectivity index (χ0v) is 17.4. The first-order chi connectivity index (χ1) is 13.6. The molecule has 2 heterocycles. The van der Waals surface area contributed by atoms with Crippen LogP contribution in [0.4, 0.5) is 0 Å². The Labute approximate surface area is 168 Å². The van der Waals surface area contributed by atoms with E-state index in [1.165, 1.54) is 0 Å². The van der Waals surface area contributed by atoms with Crippen LogP contribution in [0.25, 0.3) is 0 Å². The van der Waals surface area contributed by atoms with Gasteiger partial charge >= 0.3 is 0 Å². The third-order valence-electron chi connectivity index (χ3n) is 4.84. The van der Waals surface area contributed by atoms with E-state index < -0.39 is 0 Å². The zero-order valence-electron chi connectivity index (χ0n) is 17.4. The highest BCUT2D eigenvalue weighted by Crippen LogP contribution is 2.30. The van der Waals surface area contributed by atoms with Crippen LogP contribution >= 0.6 is 0 Å². The number of benzene rings is 1. The first-order valence-corrected chi connectivity index (χ1v) is 10.3. The first kappa shape index (κ1) is 20.7. The van der Waals surface area contributed by atoms with Crippen molar-refractivity contribution in [2.45, 2.75) is 32.9 Å². The molecule has 2 aliphatic heterocycles. The van der Waals surface area contributed by atoms with E-state index >= 15 is 0 Å². The zero-order chi connectivity index (χ0) is 19.8. The fraction of sp³-hybridized carbons (Fsp3) is 0.667. The predicted molar refractivity (Wildman–Crippen MR) is 111 cm³/mol. The Morgan fingerprint density at radius 1 is 1.18 bits per heavy atom. The molecule has 7 nitrogen and oxygen atoms in total. The number of nitrogens with zero attached hydrogens (tertiary/aromatic N) is 2. The molecule has 0 saturated carbocycles. The number of hydrogen-bond acceptors (Lipinski definition) is 5. The predicted octanol–water partition coefficient (Wildman–Crippen LogP) is 1.87. The van der Waals surface area contributed by atoms with E-state index in [0.717, 1.165) is 62.2 Å². The van der Waals surface area contributed by atoms with E-state index in [9.17, 15) is 0 Å². The van der Waals surface area contributed by atoms with E-state index in [2.05, 4.69) is 40.4 Å². The molecule has 0 radical (unpaired) electrons. The number of fused-ring (bicyclic) bond motifs is 1. The Balaban J connectivity index is 1.45. The van der Waals surface area contributed by atoms with Gasteiger partial charge in [-0.15, -0.1) is 0 Å². The number of rotatable bonds is 6. The Bertz CT molecular complexity index is 651. The second-order valence-electron chi connectivity index (χ2n) is 7.78. The molecule has 7 heteroatoms. The van der Waals surface area contributed by atoms with Gasteiger partial charge in [-0.2, -0.15) is 0 Å². The summed E-state index contributed by atoms with van der Waals surface area (Å²) in [7, 11) is 1.79. The lowest BCUT2D eigenvalue weighted by Gasteiger charge is -2.34. The van der Waals surface area contributed by atoms with Crippen molar-refractivity contribution in [3.05, 3.63) is 23.8 Å². The van der Waals surface area contributed by atoms with Gasteiger partial charge in [0, 0.05) is 46.2 Å². The fourth-order valence-electron chi connectivity index (χ4n) is 3.52. The molecule has 0 aliphatic carbocycles. The molecule has 28 heavy (non-hydrogen) atoms. The quantitative estimate of drug-likeness (QED) is 0.571. The third kappa shape index (κ3) is 6.27. The molecule has 1 aromatic rings. The molecular formula is C21H34N4O3. The van der Waals surface area contributed by atoms with Gasteiger partial charge in [-0.1, -0.05) is 19.9 Å². The standard InChI is InChI=1S/C21H34N4O3/c1-16(2)14-25-7-10-26-18(15-25)13-24-21(22-3)23-12-17-5-6-19-20(11-17)28-9-4-8-27-19/h5-6,11,16,18H,4,7-10,12-15H2,1-3H3,(H2,22,23,24). The summed E-state index contributed by atoms with van der Waals surface area (Å²) >= 11 is 0. The van der Waals surface area contributed by atoms with Crippen molar-refractivity contribution in [3.63, 3.8) is 0 Å². The maximum Gasteiger partial charge on any atom is 0.191 e. The molecule has 2 N–H and O–H groups in total. The van der Waals surface area contributed by atoms with E-state index in [1.54, 1.807) is 7.05 Å². The number of hydrogen-bond donors (Lipinski definition) is 2. The lowest BCUT2D eigenvalue weighted by molar-refractivity contribution is -0.0284. The highest BCUT2D eigenvalue weighted by atomic mass is 16.5. The summed E-state index contributed by atoms with van der Waals surface area (Å²) in [6, 6.07) is 6.07.